The standard InChI is InChI=1S/C18H16ClN3O2/c19-14-3-5-15(6-4-14)22-18(23)21-10-11-24-16-7-8-17-13(12-16)2-1-9-20-17/h1-9,12H,10-11H2,(H2,21,22,23). The maximum absolute atomic E-state index is 11.8. The number of ether oxygens (including phenoxy) is 1. The van der Waals surface area contributed by atoms with Gasteiger partial charge >= 0.3 is 6.03 Å². The first kappa shape index (κ1) is 16.1. The van der Waals surface area contributed by atoms with Crippen LogP contribution in [0.25, 0.3) is 10.9 Å². The summed E-state index contributed by atoms with van der Waals surface area (Å²) in [6, 6.07) is 16.2. The molecule has 0 bridgehead atoms. The number of nitrogens with one attached hydrogen (secondary N) is 2. The summed E-state index contributed by atoms with van der Waals surface area (Å²) in [6.07, 6.45) is 1.76. The number of benzene rings is 2. The van der Waals surface area contributed by atoms with E-state index in [4.69, 9.17) is 16.3 Å². The number of urea groups is 1. The highest BCUT2D eigenvalue weighted by molar-refractivity contribution is 6.30. The van der Waals surface area contributed by atoms with Crippen LogP contribution in [-0.4, -0.2) is 24.2 Å². The van der Waals surface area contributed by atoms with Crippen LogP contribution in [-0.2, 0) is 0 Å². The van der Waals surface area contributed by atoms with Crippen molar-refractivity contribution in [2.24, 2.45) is 0 Å². The summed E-state index contributed by atoms with van der Waals surface area (Å²) >= 11 is 5.80. The molecule has 0 radical (unpaired) electrons. The monoisotopic (exact) mass is 341 g/mol. The number of carbonyl (C=O) groups excluding carboxylic acids is 1. The fourth-order valence-corrected chi connectivity index (χ4v) is 2.31. The van der Waals surface area contributed by atoms with E-state index in [1.807, 2.05) is 30.3 Å². The summed E-state index contributed by atoms with van der Waals surface area (Å²) in [5.41, 5.74) is 1.60. The van der Waals surface area contributed by atoms with E-state index in [-0.39, 0.29) is 6.03 Å². The number of nitrogens with zero attached hydrogens (tertiary/aromatic N) is 1. The lowest BCUT2D eigenvalue weighted by molar-refractivity contribution is 0.247. The molecule has 2 amide bonds. The molecule has 6 heteroatoms. The smallest absolute Gasteiger partial charge is 0.319 e. The number of carbonyl (C=O) groups is 1. The lowest BCUT2D eigenvalue weighted by atomic mass is 10.2. The molecule has 2 aromatic carbocycles. The summed E-state index contributed by atoms with van der Waals surface area (Å²) in [6.45, 7) is 0.768. The van der Waals surface area contributed by atoms with Crippen molar-refractivity contribution in [2.45, 2.75) is 0 Å². The average molecular weight is 342 g/mol. The van der Waals surface area contributed by atoms with Crippen LogP contribution in [0.2, 0.25) is 5.02 Å². The van der Waals surface area contributed by atoms with Gasteiger partial charge in [-0.25, -0.2) is 4.79 Å². The van der Waals surface area contributed by atoms with Crippen molar-refractivity contribution >= 4 is 34.2 Å². The minimum Gasteiger partial charge on any atom is -0.492 e. The summed E-state index contributed by atoms with van der Waals surface area (Å²) in [5.74, 6) is 0.746. The van der Waals surface area contributed by atoms with Crippen molar-refractivity contribution in [1.29, 1.82) is 0 Å². The molecule has 0 aliphatic carbocycles. The zero-order valence-electron chi connectivity index (χ0n) is 12.8. The molecule has 3 rings (SSSR count). The van der Waals surface area contributed by atoms with E-state index >= 15 is 0 Å². The van der Waals surface area contributed by atoms with Crippen LogP contribution in [0.4, 0.5) is 10.5 Å². The van der Waals surface area contributed by atoms with Crippen LogP contribution < -0.4 is 15.4 Å². The Hall–Kier alpha value is -2.79. The first-order chi connectivity index (χ1) is 11.7. The first-order valence-corrected chi connectivity index (χ1v) is 7.86. The molecular weight excluding hydrogens is 326 g/mol. The summed E-state index contributed by atoms with van der Waals surface area (Å²) in [4.78, 5) is 16.0. The summed E-state index contributed by atoms with van der Waals surface area (Å²) in [7, 11) is 0. The second-order valence-electron chi connectivity index (χ2n) is 5.09. The van der Waals surface area contributed by atoms with Gasteiger partial charge in [0.2, 0.25) is 0 Å². The van der Waals surface area contributed by atoms with Crippen LogP contribution in [0, 0.1) is 0 Å². The highest BCUT2D eigenvalue weighted by Crippen LogP contribution is 2.18. The van der Waals surface area contributed by atoms with E-state index in [2.05, 4.69) is 15.6 Å². The number of halogens is 1. The molecule has 24 heavy (non-hydrogen) atoms. The second kappa shape index (κ2) is 7.66. The minimum atomic E-state index is -0.288. The van der Waals surface area contributed by atoms with E-state index in [9.17, 15) is 4.79 Å². The maximum Gasteiger partial charge on any atom is 0.319 e. The van der Waals surface area contributed by atoms with Crippen molar-refractivity contribution in [3.8, 4) is 5.75 Å². The van der Waals surface area contributed by atoms with Crippen molar-refractivity contribution in [3.05, 3.63) is 65.8 Å². The number of amides is 2. The number of anilines is 1. The Kier molecular flexibility index (Phi) is 5.13. The van der Waals surface area contributed by atoms with Gasteiger partial charge in [-0.3, -0.25) is 4.98 Å². The molecule has 0 aliphatic rings. The third kappa shape index (κ3) is 4.36. The van der Waals surface area contributed by atoms with Gasteiger partial charge < -0.3 is 15.4 Å². The van der Waals surface area contributed by atoms with E-state index in [1.165, 1.54) is 0 Å². The molecule has 0 atom stereocenters. The minimum absolute atomic E-state index is 0.288. The van der Waals surface area contributed by atoms with Crippen LogP contribution in [0.15, 0.2) is 60.8 Å². The number of aromatic nitrogens is 1. The van der Waals surface area contributed by atoms with Gasteiger partial charge in [0.15, 0.2) is 0 Å². The number of hydrogen-bond donors (Lipinski definition) is 2. The van der Waals surface area contributed by atoms with E-state index in [0.717, 1.165) is 16.7 Å². The molecule has 5 nitrogen and oxygen atoms in total. The van der Waals surface area contributed by atoms with Crippen molar-refractivity contribution < 1.29 is 9.53 Å². The summed E-state index contributed by atoms with van der Waals surface area (Å²) < 4.78 is 5.64. The van der Waals surface area contributed by atoms with E-state index < -0.39 is 0 Å². The molecular formula is C18H16ClN3O2. The van der Waals surface area contributed by atoms with Crippen LogP contribution >= 0.6 is 11.6 Å². The van der Waals surface area contributed by atoms with Crippen LogP contribution in [0.1, 0.15) is 0 Å². The zero-order valence-corrected chi connectivity index (χ0v) is 13.6. The third-order valence-electron chi connectivity index (χ3n) is 3.33. The van der Waals surface area contributed by atoms with Crippen LogP contribution in [0.3, 0.4) is 0 Å². The molecule has 0 fully saturated rings. The SMILES string of the molecule is O=C(NCCOc1ccc2ncccc2c1)Nc1ccc(Cl)cc1. The lowest BCUT2D eigenvalue weighted by Gasteiger charge is -2.09. The van der Waals surface area contributed by atoms with Gasteiger partial charge in [0.1, 0.15) is 12.4 Å². The highest BCUT2D eigenvalue weighted by atomic mass is 35.5. The number of fused-ring (bicyclic) bond motifs is 1. The molecule has 0 saturated heterocycles. The largest absolute Gasteiger partial charge is 0.492 e. The second-order valence-corrected chi connectivity index (χ2v) is 5.53. The Morgan fingerprint density at radius 2 is 1.96 bits per heavy atom. The molecule has 1 aromatic heterocycles. The molecule has 0 aliphatic heterocycles. The highest BCUT2D eigenvalue weighted by Gasteiger charge is 2.02. The number of pyridine rings is 1. The topological polar surface area (TPSA) is 63.2 Å². The average Bonchev–Trinajstić information content (AvgIpc) is 2.60. The molecule has 0 spiro atoms. The lowest BCUT2D eigenvalue weighted by Crippen LogP contribution is -2.32. The Morgan fingerprint density at radius 3 is 2.79 bits per heavy atom. The molecule has 2 N–H and O–H groups in total. The first-order valence-electron chi connectivity index (χ1n) is 7.49. The van der Waals surface area contributed by atoms with Gasteiger partial charge in [-0.05, 0) is 48.5 Å². The van der Waals surface area contributed by atoms with Gasteiger partial charge in [-0.1, -0.05) is 17.7 Å². The predicted octanol–water partition coefficient (Wildman–Crippen LogP) is 4.09. The van der Waals surface area contributed by atoms with Crippen molar-refractivity contribution in [1.82, 2.24) is 10.3 Å². The van der Waals surface area contributed by atoms with Gasteiger partial charge in [0, 0.05) is 22.3 Å². The Morgan fingerprint density at radius 1 is 1.12 bits per heavy atom. The number of rotatable bonds is 5. The van der Waals surface area contributed by atoms with Gasteiger partial charge in [0.05, 0.1) is 12.1 Å². The fourth-order valence-electron chi connectivity index (χ4n) is 2.19. The van der Waals surface area contributed by atoms with Gasteiger partial charge in [-0.2, -0.15) is 0 Å². The maximum atomic E-state index is 11.8. The predicted molar refractivity (Wildman–Crippen MR) is 95.7 cm³/mol. The molecule has 3 aromatic rings. The van der Waals surface area contributed by atoms with Crippen LogP contribution in [0.5, 0.6) is 5.75 Å². The normalized spacial score (nSPS) is 10.4. The van der Waals surface area contributed by atoms with Gasteiger partial charge in [-0.15, -0.1) is 0 Å². The van der Waals surface area contributed by atoms with Crippen molar-refractivity contribution in [2.75, 3.05) is 18.5 Å². The molecule has 1 heterocycles. The molecule has 122 valence electrons. The van der Waals surface area contributed by atoms with Gasteiger partial charge in [0.25, 0.3) is 0 Å². The number of hydrogen-bond acceptors (Lipinski definition) is 3. The quantitative estimate of drug-likeness (QED) is 0.687. The van der Waals surface area contributed by atoms with E-state index in [1.54, 1.807) is 30.5 Å². The molecule has 0 unspecified atom stereocenters. The third-order valence-corrected chi connectivity index (χ3v) is 3.58. The van der Waals surface area contributed by atoms with E-state index in [0.29, 0.717) is 23.9 Å². The Labute approximate surface area is 144 Å². The Balaban J connectivity index is 1.44. The fraction of sp³-hybridized carbons (Fsp3) is 0.111. The molecule has 0 saturated carbocycles. The zero-order chi connectivity index (χ0) is 16.8. The van der Waals surface area contributed by atoms with Crippen molar-refractivity contribution in [3.63, 3.8) is 0 Å². The summed E-state index contributed by atoms with van der Waals surface area (Å²) in [5, 5.41) is 7.09. The Bertz CT molecular complexity index is 837.